The number of carbonyl (C=O) groups excluding carboxylic acids is 1. The van der Waals surface area contributed by atoms with Gasteiger partial charge in [-0.3, -0.25) is 9.69 Å². The number of nitriles is 1. The Morgan fingerprint density at radius 1 is 1.34 bits per heavy atom. The molecule has 0 spiro atoms. The molecule has 3 aliphatic rings. The Morgan fingerprint density at radius 2 is 2.24 bits per heavy atom. The van der Waals surface area contributed by atoms with Crippen LogP contribution in [0.5, 0.6) is 0 Å². The molecule has 2 fully saturated rings. The van der Waals surface area contributed by atoms with Crippen molar-refractivity contribution in [3.8, 4) is 17.3 Å². The normalized spacial score (nSPS) is 23.3. The van der Waals surface area contributed by atoms with E-state index >= 15 is 0 Å². The lowest BCUT2D eigenvalue weighted by molar-refractivity contribution is -0.123. The summed E-state index contributed by atoms with van der Waals surface area (Å²) in [5.41, 5.74) is 2.65. The van der Waals surface area contributed by atoms with Gasteiger partial charge in [0.05, 0.1) is 24.2 Å². The van der Waals surface area contributed by atoms with Crippen LogP contribution in [0.1, 0.15) is 24.8 Å². The summed E-state index contributed by atoms with van der Waals surface area (Å²) in [4.78, 5) is 24.4. The molecule has 1 atom stereocenters. The van der Waals surface area contributed by atoms with Crippen molar-refractivity contribution in [1.82, 2.24) is 19.6 Å². The summed E-state index contributed by atoms with van der Waals surface area (Å²) >= 11 is 0. The van der Waals surface area contributed by atoms with Gasteiger partial charge in [-0.15, -0.1) is 0 Å². The molecule has 3 aromatic heterocycles. The van der Waals surface area contributed by atoms with E-state index in [9.17, 15) is 10.1 Å². The quantitative estimate of drug-likeness (QED) is 0.743. The smallest absolute Gasteiger partial charge is 0.249 e. The van der Waals surface area contributed by atoms with Crippen LogP contribution in [0.2, 0.25) is 0 Å². The predicted octanol–water partition coefficient (Wildman–Crippen LogP) is 2.42. The van der Waals surface area contributed by atoms with Crippen LogP contribution < -0.4 is 10.2 Å². The highest BCUT2D eigenvalue weighted by atomic mass is 16.2. The molecule has 1 saturated carbocycles. The second kappa shape index (κ2) is 5.77. The number of hydrogen-bond acceptors (Lipinski definition) is 6. The number of aromatic nitrogens is 4. The minimum atomic E-state index is -0.893. The van der Waals surface area contributed by atoms with Crippen LogP contribution in [-0.2, 0) is 11.2 Å². The van der Waals surface area contributed by atoms with E-state index in [4.69, 9.17) is 4.98 Å². The molecule has 0 aromatic carbocycles. The lowest BCUT2D eigenvalue weighted by Gasteiger charge is -2.21. The van der Waals surface area contributed by atoms with Crippen LogP contribution in [-0.4, -0.2) is 38.6 Å². The maximum absolute atomic E-state index is 13.3. The first kappa shape index (κ1) is 16.5. The highest BCUT2D eigenvalue weighted by Gasteiger charge is 2.57. The van der Waals surface area contributed by atoms with E-state index < -0.39 is 5.41 Å². The van der Waals surface area contributed by atoms with Gasteiger partial charge < -0.3 is 5.32 Å². The topological polar surface area (TPSA) is 99.2 Å². The fraction of sp³-hybridized carbons (Fsp3) is 0.381. The van der Waals surface area contributed by atoms with Gasteiger partial charge in [0, 0.05) is 24.8 Å². The number of nitrogens with one attached hydrogen (secondary N) is 1. The van der Waals surface area contributed by atoms with E-state index in [0.29, 0.717) is 24.5 Å². The molecule has 8 heteroatoms. The molecule has 0 radical (unpaired) electrons. The lowest BCUT2D eigenvalue weighted by atomic mass is 9.83. The molecule has 6 rings (SSSR count). The Bertz CT molecular complexity index is 1210. The van der Waals surface area contributed by atoms with Crippen molar-refractivity contribution in [3.63, 3.8) is 0 Å². The molecular formula is C21H19N7O. The Kier molecular flexibility index (Phi) is 3.28. The van der Waals surface area contributed by atoms with Crippen LogP contribution >= 0.6 is 0 Å². The molecular weight excluding hydrogens is 366 g/mol. The molecule has 0 bridgehead atoms. The van der Waals surface area contributed by atoms with Crippen molar-refractivity contribution in [2.75, 3.05) is 23.3 Å². The molecule has 5 heterocycles. The molecule has 0 unspecified atom stereocenters. The van der Waals surface area contributed by atoms with Crippen molar-refractivity contribution >= 4 is 23.1 Å². The number of carbonyl (C=O) groups is 1. The first-order chi connectivity index (χ1) is 14.2. The number of pyridine rings is 1. The Labute approximate surface area is 167 Å². The minimum Gasteiger partial charge on any atom is -0.370 e. The monoisotopic (exact) mass is 385 g/mol. The Morgan fingerprint density at radius 3 is 3.07 bits per heavy atom. The van der Waals surface area contributed by atoms with Gasteiger partial charge in [0.15, 0.2) is 5.82 Å². The molecule has 1 amide bonds. The number of nitrogens with zero attached hydrogens (tertiary/aromatic N) is 6. The molecule has 1 aliphatic carbocycles. The third kappa shape index (κ3) is 2.30. The third-order valence-electron chi connectivity index (χ3n) is 6.41. The first-order valence-electron chi connectivity index (χ1n) is 10.0. The first-order valence-corrected chi connectivity index (χ1v) is 10.0. The van der Waals surface area contributed by atoms with Gasteiger partial charge in [0.1, 0.15) is 16.7 Å². The van der Waals surface area contributed by atoms with Crippen molar-refractivity contribution < 1.29 is 4.79 Å². The van der Waals surface area contributed by atoms with Crippen LogP contribution in [0.4, 0.5) is 11.6 Å². The van der Waals surface area contributed by atoms with Crippen molar-refractivity contribution in [2.24, 2.45) is 11.3 Å². The SMILES string of the molecule is N#C[C@@]1(C2CC2)CCN(c2nc(-c3cnc4c(c3)CCN4)cn3nccc23)C1=O. The highest BCUT2D eigenvalue weighted by Crippen LogP contribution is 2.52. The Hall–Kier alpha value is -3.47. The number of amides is 1. The summed E-state index contributed by atoms with van der Waals surface area (Å²) in [5.74, 6) is 1.56. The van der Waals surface area contributed by atoms with E-state index in [-0.39, 0.29) is 11.8 Å². The molecule has 144 valence electrons. The number of rotatable bonds is 3. The molecule has 29 heavy (non-hydrogen) atoms. The molecule has 1 saturated heterocycles. The van der Waals surface area contributed by atoms with Crippen molar-refractivity contribution in [3.05, 3.63) is 36.3 Å². The molecule has 1 N–H and O–H groups in total. The van der Waals surface area contributed by atoms with E-state index in [1.165, 1.54) is 5.56 Å². The zero-order valence-corrected chi connectivity index (χ0v) is 15.8. The minimum absolute atomic E-state index is 0.119. The van der Waals surface area contributed by atoms with E-state index in [2.05, 4.69) is 27.5 Å². The van der Waals surface area contributed by atoms with E-state index in [1.54, 1.807) is 21.8 Å². The van der Waals surface area contributed by atoms with Crippen LogP contribution in [0.15, 0.2) is 30.7 Å². The van der Waals surface area contributed by atoms with Crippen molar-refractivity contribution in [1.29, 1.82) is 5.26 Å². The van der Waals surface area contributed by atoms with Gasteiger partial charge in [-0.25, -0.2) is 14.5 Å². The van der Waals surface area contributed by atoms with Crippen LogP contribution in [0.3, 0.4) is 0 Å². The van der Waals surface area contributed by atoms with Crippen LogP contribution in [0.25, 0.3) is 16.8 Å². The van der Waals surface area contributed by atoms with Crippen LogP contribution in [0, 0.1) is 22.7 Å². The maximum atomic E-state index is 13.3. The Balaban J connectivity index is 1.47. The predicted molar refractivity (Wildman–Crippen MR) is 106 cm³/mol. The average Bonchev–Trinajstić information content (AvgIpc) is 3.17. The number of fused-ring (bicyclic) bond motifs is 2. The van der Waals surface area contributed by atoms with Crippen molar-refractivity contribution in [2.45, 2.75) is 25.7 Å². The molecule has 2 aliphatic heterocycles. The highest BCUT2D eigenvalue weighted by molar-refractivity contribution is 6.04. The second-order valence-electron chi connectivity index (χ2n) is 8.08. The van der Waals surface area contributed by atoms with E-state index in [0.717, 1.165) is 42.7 Å². The fourth-order valence-electron chi connectivity index (χ4n) is 4.65. The molecule has 3 aromatic rings. The largest absolute Gasteiger partial charge is 0.370 e. The number of anilines is 2. The standard InChI is InChI=1S/C21H19N7O/c22-12-21(15-1-2-15)5-8-27(20(21)29)19-17-4-7-25-28(17)11-16(26-19)14-9-13-3-6-23-18(13)24-10-14/h4,7,9-11,15H,1-3,5-6,8H2,(H,23,24)/t21-/m1/s1. The second-order valence-corrected chi connectivity index (χ2v) is 8.08. The summed E-state index contributed by atoms with van der Waals surface area (Å²) in [5, 5.41) is 17.5. The van der Waals surface area contributed by atoms with Gasteiger partial charge in [-0.05, 0) is 49.3 Å². The summed E-state index contributed by atoms with van der Waals surface area (Å²) < 4.78 is 1.75. The van der Waals surface area contributed by atoms with Gasteiger partial charge in [-0.1, -0.05) is 0 Å². The molecule has 8 nitrogen and oxygen atoms in total. The van der Waals surface area contributed by atoms with E-state index in [1.807, 2.05) is 12.3 Å². The lowest BCUT2D eigenvalue weighted by Crippen LogP contribution is -2.36. The van der Waals surface area contributed by atoms with Gasteiger partial charge >= 0.3 is 0 Å². The fourth-order valence-corrected chi connectivity index (χ4v) is 4.65. The zero-order valence-electron chi connectivity index (χ0n) is 15.8. The van der Waals surface area contributed by atoms with Gasteiger partial charge in [0.25, 0.3) is 0 Å². The number of hydrogen-bond donors (Lipinski definition) is 1. The summed E-state index contributed by atoms with van der Waals surface area (Å²) in [6.07, 6.45) is 8.77. The van der Waals surface area contributed by atoms with Gasteiger partial charge in [0.2, 0.25) is 5.91 Å². The average molecular weight is 385 g/mol. The summed E-state index contributed by atoms with van der Waals surface area (Å²) in [6.45, 7) is 1.40. The summed E-state index contributed by atoms with van der Waals surface area (Å²) in [6, 6.07) is 6.30. The maximum Gasteiger partial charge on any atom is 0.249 e. The zero-order chi connectivity index (χ0) is 19.6. The van der Waals surface area contributed by atoms with Gasteiger partial charge in [-0.2, -0.15) is 10.4 Å². The summed E-state index contributed by atoms with van der Waals surface area (Å²) in [7, 11) is 0. The third-order valence-corrected chi connectivity index (χ3v) is 6.41.